The van der Waals surface area contributed by atoms with Gasteiger partial charge in [-0.3, -0.25) is 0 Å². The smallest absolute Gasteiger partial charge is 0.148 e. The van der Waals surface area contributed by atoms with Gasteiger partial charge < -0.3 is 5.32 Å². The van der Waals surface area contributed by atoms with Crippen molar-refractivity contribution in [3.05, 3.63) is 40.4 Å². The van der Waals surface area contributed by atoms with Gasteiger partial charge in [0.05, 0.1) is 11.9 Å². The molecule has 0 radical (unpaired) electrons. The van der Waals surface area contributed by atoms with Gasteiger partial charge in [-0.25, -0.2) is 9.07 Å². The first-order chi connectivity index (χ1) is 8.72. The highest BCUT2D eigenvalue weighted by Crippen LogP contribution is 2.20. The van der Waals surface area contributed by atoms with Gasteiger partial charge in [0.25, 0.3) is 0 Å². The quantitative estimate of drug-likeness (QED) is 0.943. The summed E-state index contributed by atoms with van der Waals surface area (Å²) in [5, 5.41) is 11.3. The zero-order valence-corrected chi connectivity index (χ0v) is 11.2. The number of nitrogens with one attached hydrogen (secondary N) is 1. The topological polar surface area (TPSA) is 42.7 Å². The lowest BCUT2D eigenvalue weighted by atomic mass is 10.3. The third kappa shape index (κ3) is 2.59. The lowest BCUT2D eigenvalue weighted by Gasteiger charge is -2.02. The Bertz CT molecular complexity index is 565. The van der Waals surface area contributed by atoms with Crippen LogP contribution < -0.4 is 5.32 Å². The number of nitrogens with zero attached hydrogens (tertiary/aromatic N) is 3. The minimum Gasteiger partial charge on any atom is -0.308 e. The van der Waals surface area contributed by atoms with Gasteiger partial charge in [0.15, 0.2) is 0 Å². The van der Waals surface area contributed by atoms with Crippen molar-refractivity contribution in [3.8, 4) is 5.69 Å². The first-order valence-electron chi connectivity index (χ1n) is 5.82. The highest BCUT2D eigenvalue weighted by molar-refractivity contribution is 9.10. The molecule has 6 heteroatoms. The highest BCUT2D eigenvalue weighted by Gasteiger charge is 2.20. The number of halogens is 2. The zero-order chi connectivity index (χ0) is 12.5. The van der Waals surface area contributed by atoms with Crippen molar-refractivity contribution in [3.63, 3.8) is 0 Å². The van der Waals surface area contributed by atoms with Crippen molar-refractivity contribution in [2.24, 2.45) is 0 Å². The first-order valence-corrected chi connectivity index (χ1v) is 6.62. The van der Waals surface area contributed by atoms with Crippen LogP contribution in [0.15, 0.2) is 28.9 Å². The summed E-state index contributed by atoms with van der Waals surface area (Å²) in [7, 11) is 0. The summed E-state index contributed by atoms with van der Waals surface area (Å²) in [5.41, 5.74) is 1.22. The van der Waals surface area contributed by atoms with Crippen LogP contribution in [0.1, 0.15) is 18.5 Å². The summed E-state index contributed by atoms with van der Waals surface area (Å²) in [6.07, 6.45) is 4.21. The maximum Gasteiger partial charge on any atom is 0.148 e. The molecule has 1 aliphatic carbocycles. The van der Waals surface area contributed by atoms with E-state index in [9.17, 15) is 4.39 Å². The van der Waals surface area contributed by atoms with Crippen molar-refractivity contribution in [1.82, 2.24) is 20.3 Å². The molecule has 0 spiro atoms. The van der Waals surface area contributed by atoms with E-state index in [0.29, 0.717) is 18.3 Å². The molecule has 0 aliphatic heterocycles. The molecular formula is C12H12BrFN4. The molecule has 2 aromatic rings. The molecule has 3 rings (SSSR count). The van der Waals surface area contributed by atoms with Gasteiger partial charge >= 0.3 is 0 Å². The predicted molar refractivity (Wildman–Crippen MR) is 68.9 cm³/mol. The Kier molecular flexibility index (Phi) is 3.13. The van der Waals surface area contributed by atoms with Crippen LogP contribution in [0.4, 0.5) is 4.39 Å². The van der Waals surface area contributed by atoms with E-state index in [0.717, 1.165) is 10.2 Å². The molecule has 1 heterocycles. The summed E-state index contributed by atoms with van der Waals surface area (Å²) in [4.78, 5) is 0. The fourth-order valence-electron chi connectivity index (χ4n) is 1.69. The van der Waals surface area contributed by atoms with Gasteiger partial charge in [-0.05, 0) is 31.0 Å². The number of aromatic nitrogens is 3. The maximum absolute atomic E-state index is 13.7. The molecule has 18 heavy (non-hydrogen) atoms. The van der Waals surface area contributed by atoms with Gasteiger partial charge in [-0.15, -0.1) is 5.10 Å². The SMILES string of the molecule is Fc1ccc(Br)cc1-n1cc(CNC2CC2)nn1. The highest BCUT2D eigenvalue weighted by atomic mass is 79.9. The van der Waals surface area contributed by atoms with Gasteiger partial charge in [-0.2, -0.15) is 0 Å². The van der Waals surface area contributed by atoms with Crippen molar-refractivity contribution in [2.45, 2.75) is 25.4 Å². The van der Waals surface area contributed by atoms with Crippen LogP contribution in [0.3, 0.4) is 0 Å². The Morgan fingerprint density at radius 3 is 3.06 bits per heavy atom. The third-order valence-electron chi connectivity index (χ3n) is 2.85. The summed E-state index contributed by atoms with van der Waals surface area (Å²) in [6.45, 7) is 0.681. The summed E-state index contributed by atoms with van der Waals surface area (Å²) < 4.78 is 15.9. The molecule has 0 unspecified atom stereocenters. The number of hydrogen-bond acceptors (Lipinski definition) is 3. The monoisotopic (exact) mass is 310 g/mol. The van der Waals surface area contributed by atoms with Crippen LogP contribution in [-0.2, 0) is 6.54 Å². The van der Waals surface area contributed by atoms with E-state index in [-0.39, 0.29) is 5.82 Å². The normalized spacial score (nSPS) is 15.0. The Balaban J connectivity index is 1.80. The Labute approximate surface area is 112 Å². The van der Waals surface area contributed by atoms with Crippen molar-refractivity contribution >= 4 is 15.9 Å². The number of rotatable bonds is 4. The lowest BCUT2D eigenvalue weighted by Crippen LogP contribution is -2.15. The molecule has 0 bridgehead atoms. The lowest BCUT2D eigenvalue weighted by molar-refractivity contribution is 0.606. The largest absolute Gasteiger partial charge is 0.308 e. The maximum atomic E-state index is 13.7. The molecule has 1 fully saturated rings. The van der Waals surface area contributed by atoms with Crippen LogP contribution in [0.2, 0.25) is 0 Å². The fraction of sp³-hybridized carbons (Fsp3) is 0.333. The standard InChI is InChI=1S/C12H12BrFN4/c13-8-1-4-11(14)12(5-8)18-7-10(16-17-18)6-15-9-2-3-9/h1,4-5,7,9,15H,2-3,6H2. The zero-order valence-electron chi connectivity index (χ0n) is 9.61. The van der Waals surface area contributed by atoms with Crippen LogP contribution in [0.5, 0.6) is 0 Å². The van der Waals surface area contributed by atoms with Crippen molar-refractivity contribution < 1.29 is 4.39 Å². The van der Waals surface area contributed by atoms with Gasteiger partial charge in [0.2, 0.25) is 0 Å². The Hall–Kier alpha value is -1.27. The second-order valence-electron chi connectivity index (χ2n) is 4.41. The Morgan fingerprint density at radius 1 is 1.44 bits per heavy atom. The molecular weight excluding hydrogens is 299 g/mol. The molecule has 0 atom stereocenters. The van der Waals surface area contributed by atoms with E-state index in [2.05, 4.69) is 31.6 Å². The fourth-order valence-corrected chi connectivity index (χ4v) is 2.04. The summed E-state index contributed by atoms with van der Waals surface area (Å²) in [5.74, 6) is -0.315. The molecule has 94 valence electrons. The summed E-state index contributed by atoms with van der Waals surface area (Å²) >= 11 is 3.32. The molecule has 1 saturated carbocycles. The van der Waals surface area contributed by atoms with E-state index in [1.165, 1.54) is 23.6 Å². The van der Waals surface area contributed by atoms with Crippen molar-refractivity contribution in [1.29, 1.82) is 0 Å². The van der Waals surface area contributed by atoms with E-state index in [1.807, 2.05) is 0 Å². The van der Waals surface area contributed by atoms with Crippen molar-refractivity contribution in [2.75, 3.05) is 0 Å². The van der Waals surface area contributed by atoms with Crippen LogP contribution in [0.25, 0.3) is 5.69 Å². The molecule has 1 aliphatic rings. The molecule has 0 saturated heterocycles. The third-order valence-corrected chi connectivity index (χ3v) is 3.34. The minimum absolute atomic E-state index is 0.315. The second kappa shape index (κ2) is 4.78. The average Bonchev–Trinajstić information content (AvgIpc) is 3.08. The number of hydrogen-bond donors (Lipinski definition) is 1. The molecule has 0 amide bonds. The Morgan fingerprint density at radius 2 is 2.28 bits per heavy atom. The summed E-state index contributed by atoms with van der Waals surface area (Å²) in [6, 6.07) is 5.37. The minimum atomic E-state index is -0.315. The van der Waals surface area contributed by atoms with Crippen LogP contribution >= 0.6 is 15.9 Å². The van der Waals surface area contributed by atoms with E-state index < -0.39 is 0 Å². The second-order valence-corrected chi connectivity index (χ2v) is 5.32. The van der Waals surface area contributed by atoms with Gasteiger partial charge in [-0.1, -0.05) is 21.1 Å². The number of benzene rings is 1. The molecule has 1 aromatic carbocycles. The first kappa shape index (κ1) is 11.8. The average molecular weight is 311 g/mol. The predicted octanol–water partition coefficient (Wildman–Crippen LogP) is 2.42. The molecule has 1 N–H and O–H groups in total. The van der Waals surface area contributed by atoms with Gasteiger partial charge in [0, 0.05) is 17.1 Å². The molecule has 1 aromatic heterocycles. The molecule has 4 nitrogen and oxygen atoms in total. The van der Waals surface area contributed by atoms with Crippen LogP contribution in [0, 0.1) is 5.82 Å². The van der Waals surface area contributed by atoms with Gasteiger partial charge in [0.1, 0.15) is 11.5 Å². The van der Waals surface area contributed by atoms with E-state index in [4.69, 9.17) is 0 Å². The van der Waals surface area contributed by atoms with E-state index >= 15 is 0 Å². The van der Waals surface area contributed by atoms with Crippen LogP contribution in [-0.4, -0.2) is 21.0 Å². The van der Waals surface area contributed by atoms with E-state index in [1.54, 1.807) is 18.3 Å².